The van der Waals surface area contributed by atoms with Crippen molar-refractivity contribution in [1.29, 1.82) is 0 Å². The van der Waals surface area contributed by atoms with Crippen LogP contribution in [0.25, 0.3) is 11.1 Å². The Morgan fingerprint density at radius 3 is 1.61 bits per heavy atom. The van der Waals surface area contributed by atoms with E-state index in [2.05, 4.69) is 187 Å². The van der Waals surface area contributed by atoms with E-state index in [0.717, 1.165) is 0 Å². The first-order chi connectivity index (χ1) is 22.8. The number of hydrogen-bond donors (Lipinski definition) is 0. The number of fused-ring (bicyclic) bond motifs is 5. The Hall–Kier alpha value is -5.25. The Morgan fingerprint density at radius 2 is 0.978 bits per heavy atom. The van der Waals surface area contributed by atoms with Gasteiger partial charge in [-0.15, -0.1) is 0 Å². The highest BCUT2D eigenvalue weighted by Crippen LogP contribution is 2.57. The van der Waals surface area contributed by atoms with Crippen LogP contribution < -0.4 is 15.8 Å². The van der Waals surface area contributed by atoms with Crippen LogP contribution in [0.15, 0.2) is 187 Å². The fourth-order valence-electron chi connectivity index (χ4n) is 7.69. The molecule has 3 heteroatoms. The third kappa shape index (κ3) is 4.05. The molecule has 0 bridgehead atoms. The van der Waals surface area contributed by atoms with Crippen LogP contribution in [0, 0.1) is 0 Å². The second kappa shape index (κ2) is 11.0. The van der Waals surface area contributed by atoms with Crippen LogP contribution >= 0.6 is 11.6 Å². The fourth-order valence-corrected chi connectivity index (χ4v) is 9.03. The van der Waals surface area contributed by atoms with E-state index in [1.165, 1.54) is 66.3 Å². The van der Waals surface area contributed by atoms with E-state index in [1.54, 1.807) is 0 Å². The molecule has 0 saturated carbocycles. The van der Waals surface area contributed by atoms with Crippen LogP contribution in [0.3, 0.4) is 0 Å². The van der Waals surface area contributed by atoms with E-state index in [1.807, 2.05) is 11.6 Å². The quantitative estimate of drug-likeness (QED) is 0.184. The lowest BCUT2D eigenvalue weighted by Gasteiger charge is -2.46. The third-order valence-corrected chi connectivity index (χ3v) is 11.0. The van der Waals surface area contributed by atoms with Crippen molar-refractivity contribution in [1.82, 2.24) is 0 Å². The first-order valence-electron chi connectivity index (χ1n) is 15.9. The van der Waals surface area contributed by atoms with Gasteiger partial charge in [0.25, 0.3) is 5.99 Å². The van der Waals surface area contributed by atoms with Crippen molar-refractivity contribution >= 4 is 45.6 Å². The van der Waals surface area contributed by atoms with Crippen LogP contribution in [0.1, 0.15) is 22.3 Å². The monoisotopic (exact) mass is 603 g/mol. The highest BCUT2D eigenvalue weighted by Gasteiger charge is 2.46. The van der Waals surface area contributed by atoms with E-state index in [-0.39, 0.29) is 5.99 Å². The van der Waals surface area contributed by atoms with Crippen molar-refractivity contribution in [2.75, 3.05) is 4.90 Å². The van der Waals surface area contributed by atoms with Crippen molar-refractivity contribution in [2.24, 2.45) is 0 Å². The first kappa shape index (κ1) is 27.1. The average molecular weight is 604 g/mol. The first-order valence-corrected chi connectivity index (χ1v) is 16.8. The highest BCUT2D eigenvalue weighted by molar-refractivity contribution is 8.28. The molecule has 46 heavy (non-hydrogen) atoms. The predicted octanol–water partition coefficient (Wildman–Crippen LogP) is 9.73. The second-order valence-electron chi connectivity index (χ2n) is 12.0. The summed E-state index contributed by atoms with van der Waals surface area (Å²) in [6, 6.07) is 66.9. The van der Waals surface area contributed by atoms with Gasteiger partial charge in [0.2, 0.25) is 0 Å². The zero-order valence-electron chi connectivity index (χ0n) is 25.3. The van der Waals surface area contributed by atoms with Gasteiger partial charge in [-0.3, -0.25) is 0 Å². The average Bonchev–Trinajstić information content (AvgIpc) is 3.14. The van der Waals surface area contributed by atoms with Crippen LogP contribution in [-0.4, -0.2) is 5.99 Å². The van der Waals surface area contributed by atoms with Gasteiger partial charge in [-0.25, -0.2) is 0 Å². The Bertz CT molecular complexity index is 2110. The molecule has 1 nitrogen and oxygen atoms in total. The van der Waals surface area contributed by atoms with Crippen LogP contribution in [0.2, 0.25) is 0 Å². The van der Waals surface area contributed by atoms with E-state index in [9.17, 15) is 0 Å². The number of rotatable bonds is 4. The summed E-state index contributed by atoms with van der Waals surface area (Å²) in [4.78, 5) is 3.81. The number of benzene rings is 7. The van der Waals surface area contributed by atoms with Crippen LogP contribution in [-0.2, 0) is 5.41 Å². The van der Waals surface area contributed by atoms with Gasteiger partial charge in [-0.1, -0.05) is 163 Å². The van der Waals surface area contributed by atoms with E-state index in [4.69, 9.17) is 0 Å². The molecule has 0 aliphatic carbocycles. The number of anilines is 3. The van der Waals surface area contributed by atoms with E-state index in [0.29, 0.717) is 0 Å². The van der Waals surface area contributed by atoms with Crippen molar-refractivity contribution in [2.45, 2.75) is 10.3 Å². The Morgan fingerprint density at radius 1 is 0.457 bits per heavy atom. The molecular formula is C43H30BNS. The molecule has 0 aromatic heterocycles. The van der Waals surface area contributed by atoms with E-state index >= 15 is 0 Å². The molecule has 2 heterocycles. The van der Waals surface area contributed by atoms with Crippen LogP contribution in [0.5, 0.6) is 0 Å². The normalized spacial score (nSPS) is 14.1. The molecule has 0 atom stereocenters. The number of para-hydroxylation sites is 2. The maximum atomic E-state index is 2.48. The van der Waals surface area contributed by atoms with Gasteiger partial charge < -0.3 is 4.90 Å². The smallest absolute Gasteiger partial charge is 0.281 e. The van der Waals surface area contributed by atoms with Crippen molar-refractivity contribution < 1.29 is 0 Å². The minimum absolute atomic E-state index is 0.241. The maximum Gasteiger partial charge on any atom is 0.281 e. The zero-order chi connectivity index (χ0) is 30.5. The summed E-state index contributed by atoms with van der Waals surface area (Å²) in [7, 11) is 0. The Balaban J connectivity index is 1.31. The number of nitrogens with zero attached hydrogens (tertiary/aromatic N) is 1. The molecule has 0 amide bonds. The molecule has 0 radical (unpaired) electrons. The molecule has 216 valence electrons. The largest absolute Gasteiger partial charge is 0.310 e. The lowest BCUT2D eigenvalue weighted by Crippen LogP contribution is -2.42. The Kier molecular flexibility index (Phi) is 6.47. The molecule has 0 spiro atoms. The minimum Gasteiger partial charge on any atom is -0.310 e. The van der Waals surface area contributed by atoms with Crippen LogP contribution in [0.4, 0.5) is 17.1 Å². The van der Waals surface area contributed by atoms with Gasteiger partial charge in [-0.05, 0) is 63.7 Å². The molecule has 0 N–H and O–H groups in total. The molecule has 9 rings (SSSR count). The molecule has 0 saturated heterocycles. The summed E-state index contributed by atoms with van der Waals surface area (Å²) >= 11 is 1.95. The van der Waals surface area contributed by atoms with Gasteiger partial charge in [0.1, 0.15) is 0 Å². The van der Waals surface area contributed by atoms with Crippen molar-refractivity contribution in [3.63, 3.8) is 0 Å². The number of hydrogen-bond acceptors (Lipinski definition) is 2. The van der Waals surface area contributed by atoms with E-state index < -0.39 is 5.41 Å². The molecule has 2 aliphatic rings. The molecule has 0 unspecified atom stereocenters. The third-order valence-electron chi connectivity index (χ3n) is 9.61. The SMILES string of the molecule is c1ccc(B2Sc3ccccc3-c3cc(N4c5ccccc5C(c5ccccc5)(c5ccccc5)c5ccccc54)ccc32)cc1. The maximum absolute atomic E-state index is 2.48. The second-order valence-corrected chi connectivity index (χ2v) is 13.2. The molecule has 0 fully saturated rings. The molecule has 7 aromatic rings. The van der Waals surface area contributed by atoms with Gasteiger partial charge >= 0.3 is 0 Å². The van der Waals surface area contributed by atoms with Gasteiger partial charge in [0.15, 0.2) is 0 Å². The standard InChI is InChI=1S/C43H30BNS/c1-4-16-31(17-5-1)43(32-18-6-2-7-19-32)37-23-11-13-25-40(37)45(41-26-14-12-24-38(41)43)34-28-29-39-36(30-34)35-22-10-15-27-42(35)46-44(39)33-20-8-3-9-21-33/h1-30H. The summed E-state index contributed by atoms with van der Waals surface area (Å²) in [5.41, 5.74) is 13.5. The topological polar surface area (TPSA) is 3.24 Å². The van der Waals surface area contributed by atoms with Gasteiger partial charge in [0.05, 0.1) is 16.8 Å². The summed E-state index contributed by atoms with van der Waals surface area (Å²) in [5.74, 6) is 0.241. The lowest BCUT2D eigenvalue weighted by atomic mass is 9.59. The van der Waals surface area contributed by atoms with Crippen molar-refractivity contribution in [3.05, 3.63) is 204 Å². The zero-order valence-corrected chi connectivity index (χ0v) is 26.1. The van der Waals surface area contributed by atoms with Crippen molar-refractivity contribution in [3.8, 4) is 11.1 Å². The summed E-state index contributed by atoms with van der Waals surface area (Å²) < 4.78 is 0. The fraction of sp³-hybridized carbons (Fsp3) is 0.0233. The summed E-state index contributed by atoms with van der Waals surface area (Å²) in [6.45, 7) is 0. The summed E-state index contributed by atoms with van der Waals surface area (Å²) in [5, 5.41) is 0. The molecular weight excluding hydrogens is 573 g/mol. The van der Waals surface area contributed by atoms with Gasteiger partial charge in [0, 0.05) is 10.6 Å². The highest BCUT2D eigenvalue weighted by atomic mass is 32.2. The van der Waals surface area contributed by atoms with Gasteiger partial charge in [-0.2, -0.15) is 11.6 Å². The predicted molar refractivity (Wildman–Crippen MR) is 196 cm³/mol. The Labute approximate surface area is 275 Å². The summed E-state index contributed by atoms with van der Waals surface area (Å²) in [6.07, 6.45) is 0. The molecule has 7 aromatic carbocycles. The minimum atomic E-state index is -0.470. The molecule has 2 aliphatic heterocycles. The lowest BCUT2D eigenvalue weighted by molar-refractivity contribution is 0.731.